The smallest absolute Gasteiger partial charge is 0.161 e. The average molecular weight is 275 g/mol. The van der Waals surface area contributed by atoms with Gasteiger partial charge in [-0.25, -0.2) is 0 Å². The Balaban J connectivity index is 2.57. The second-order valence-electron chi connectivity index (χ2n) is 5.04. The van der Waals surface area contributed by atoms with Crippen LogP contribution >= 0.6 is 0 Å². The molecule has 0 bridgehead atoms. The van der Waals surface area contributed by atoms with Gasteiger partial charge in [0.25, 0.3) is 0 Å². The third kappa shape index (κ3) is 5.99. The summed E-state index contributed by atoms with van der Waals surface area (Å²) in [5.74, 6) is 8.04. The van der Waals surface area contributed by atoms with Gasteiger partial charge >= 0.3 is 0 Å². The van der Waals surface area contributed by atoms with Crippen LogP contribution in [0.4, 0.5) is 0 Å². The highest BCUT2D eigenvalue weighted by Gasteiger charge is 2.05. The van der Waals surface area contributed by atoms with Crippen molar-refractivity contribution in [3.8, 4) is 23.3 Å². The Morgan fingerprint density at radius 3 is 2.70 bits per heavy atom. The molecule has 0 heterocycles. The highest BCUT2D eigenvalue weighted by atomic mass is 16.5. The lowest BCUT2D eigenvalue weighted by molar-refractivity contribution is 0.301. The summed E-state index contributed by atoms with van der Waals surface area (Å²) in [6.07, 6.45) is 0.733. The number of benzene rings is 1. The normalized spacial score (nSPS) is 10.1. The summed E-state index contributed by atoms with van der Waals surface area (Å²) in [7, 11) is 1.67. The minimum Gasteiger partial charge on any atom is -0.493 e. The first-order valence-corrected chi connectivity index (χ1v) is 7.07. The van der Waals surface area contributed by atoms with E-state index in [0.29, 0.717) is 12.5 Å². The van der Waals surface area contributed by atoms with E-state index in [1.54, 1.807) is 7.11 Å². The summed E-state index contributed by atoms with van der Waals surface area (Å²) in [5.41, 5.74) is 1.20. The van der Waals surface area contributed by atoms with Gasteiger partial charge in [0, 0.05) is 13.0 Å². The molecule has 1 aromatic carbocycles. The summed E-state index contributed by atoms with van der Waals surface area (Å²) in [5, 5.41) is 3.42. The van der Waals surface area contributed by atoms with E-state index in [0.717, 1.165) is 31.0 Å². The Morgan fingerprint density at radius 1 is 1.25 bits per heavy atom. The molecule has 0 aliphatic heterocycles. The monoisotopic (exact) mass is 275 g/mol. The number of nitrogens with one attached hydrogen (secondary N) is 1. The van der Waals surface area contributed by atoms with Gasteiger partial charge in [0.15, 0.2) is 11.5 Å². The molecule has 1 N–H and O–H groups in total. The van der Waals surface area contributed by atoms with Gasteiger partial charge in [-0.15, -0.1) is 11.8 Å². The number of methoxy groups -OCH3 is 1. The SMILES string of the molecule is CC#CCCOc1ccc(CNCC(C)C)cc1OC. The third-order valence-electron chi connectivity index (χ3n) is 2.77. The summed E-state index contributed by atoms with van der Waals surface area (Å²) in [6, 6.07) is 6.05. The molecule has 0 radical (unpaired) electrons. The van der Waals surface area contributed by atoms with E-state index >= 15 is 0 Å². The van der Waals surface area contributed by atoms with Crippen molar-refractivity contribution >= 4 is 0 Å². The molecule has 3 nitrogen and oxygen atoms in total. The number of hydrogen-bond donors (Lipinski definition) is 1. The lowest BCUT2D eigenvalue weighted by Gasteiger charge is -2.12. The molecule has 0 fully saturated rings. The molecule has 0 atom stereocenters. The zero-order valence-corrected chi connectivity index (χ0v) is 13.0. The van der Waals surface area contributed by atoms with Crippen LogP contribution in [-0.2, 0) is 6.54 Å². The van der Waals surface area contributed by atoms with Crippen LogP contribution in [-0.4, -0.2) is 20.3 Å². The van der Waals surface area contributed by atoms with Gasteiger partial charge in [-0.3, -0.25) is 0 Å². The highest BCUT2D eigenvalue weighted by molar-refractivity contribution is 5.43. The molecule has 3 heteroatoms. The van der Waals surface area contributed by atoms with E-state index in [1.807, 2.05) is 19.1 Å². The summed E-state index contributed by atoms with van der Waals surface area (Å²) < 4.78 is 11.1. The van der Waals surface area contributed by atoms with Gasteiger partial charge in [0.2, 0.25) is 0 Å². The van der Waals surface area contributed by atoms with Gasteiger partial charge in [0.1, 0.15) is 0 Å². The Bertz CT molecular complexity index is 458. The zero-order valence-electron chi connectivity index (χ0n) is 13.0. The topological polar surface area (TPSA) is 30.5 Å². The molecule has 1 rings (SSSR count). The van der Waals surface area contributed by atoms with Crippen LogP contribution in [0.3, 0.4) is 0 Å². The van der Waals surface area contributed by atoms with Crippen LogP contribution in [0.1, 0.15) is 32.8 Å². The molecule has 0 unspecified atom stereocenters. The minimum absolute atomic E-state index is 0.585. The molecular weight excluding hydrogens is 250 g/mol. The lowest BCUT2D eigenvalue weighted by atomic mass is 10.2. The molecule has 110 valence electrons. The van der Waals surface area contributed by atoms with E-state index in [9.17, 15) is 0 Å². The first-order valence-electron chi connectivity index (χ1n) is 7.07. The third-order valence-corrected chi connectivity index (χ3v) is 2.77. The molecule has 0 aliphatic rings. The van der Waals surface area contributed by atoms with Crippen LogP contribution in [0.15, 0.2) is 18.2 Å². The van der Waals surface area contributed by atoms with Crippen LogP contribution < -0.4 is 14.8 Å². The van der Waals surface area contributed by atoms with Crippen molar-refractivity contribution < 1.29 is 9.47 Å². The van der Waals surface area contributed by atoms with Crippen molar-refractivity contribution in [2.45, 2.75) is 33.7 Å². The maximum absolute atomic E-state index is 5.68. The predicted molar refractivity (Wildman–Crippen MR) is 83.1 cm³/mol. The zero-order chi connectivity index (χ0) is 14.8. The molecule has 0 aliphatic carbocycles. The fourth-order valence-corrected chi connectivity index (χ4v) is 1.78. The first-order chi connectivity index (χ1) is 9.67. The van der Waals surface area contributed by atoms with E-state index in [4.69, 9.17) is 9.47 Å². The lowest BCUT2D eigenvalue weighted by Crippen LogP contribution is -2.18. The Labute approximate surface area is 122 Å². The Kier molecular flexibility index (Phi) is 7.60. The van der Waals surface area contributed by atoms with Gasteiger partial charge in [-0.2, -0.15) is 0 Å². The van der Waals surface area contributed by atoms with E-state index in [2.05, 4.69) is 37.1 Å². The molecule has 0 aromatic heterocycles. The molecule has 0 amide bonds. The Hall–Kier alpha value is -1.66. The van der Waals surface area contributed by atoms with Crippen LogP contribution in [0.2, 0.25) is 0 Å². The molecule has 20 heavy (non-hydrogen) atoms. The van der Waals surface area contributed by atoms with E-state index < -0.39 is 0 Å². The van der Waals surface area contributed by atoms with Crippen LogP contribution in [0, 0.1) is 17.8 Å². The second kappa shape index (κ2) is 9.28. The van der Waals surface area contributed by atoms with Crippen molar-refractivity contribution in [1.29, 1.82) is 0 Å². The first kappa shape index (κ1) is 16.4. The summed E-state index contributed by atoms with van der Waals surface area (Å²) in [6.45, 7) is 8.67. The largest absolute Gasteiger partial charge is 0.493 e. The van der Waals surface area contributed by atoms with Gasteiger partial charge in [-0.05, 0) is 37.1 Å². The summed E-state index contributed by atoms with van der Waals surface area (Å²) >= 11 is 0. The molecular formula is C17H25NO2. The standard InChI is InChI=1S/C17H25NO2/c1-5-6-7-10-20-16-9-8-15(11-17(16)19-4)13-18-12-14(2)3/h8-9,11,14,18H,7,10,12-13H2,1-4H3. The van der Waals surface area contributed by atoms with Gasteiger partial charge < -0.3 is 14.8 Å². The number of ether oxygens (including phenoxy) is 2. The Morgan fingerprint density at radius 2 is 2.05 bits per heavy atom. The summed E-state index contributed by atoms with van der Waals surface area (Å²) in [4.78, 5) is 0. The molecule has 1 aromatic rings. The quantitative estimate of drug-likeness (QED) is 0.583. The van der Waals surface area contributed by atoms with Crippen molar-refractivity contribution in [3.63, 3.8) is 0 Å². The fraction of sp³-hybridized carbons (Fsp3) is 0.529. The maximum Gasteiger partial charge on any atom is 0.161 e. The minimum atomic E-state index is 0.585. The predicted octanol–water partition coefficient (Wildman–Crippen LogP) is 3.23. The number of hydrogen-bond acceptors (Lipinski definition) is 3. The van der Waals surface area contributed by atoms with Crippen molar-refractivity contribution in [2.75, 3.05) is 20.3 Å². The molecule has 0 spiro atoms. The van der Waals surface area contributed by atoms with Crippen molar-refractivity contribution in [3.05, 3.63) is 23.8 Å². The average Bonchev–Trinajstić information content (AvgIpc) is 2.44. The fourth-order valence-electron chi connectivity index (χ4n) is 1.78. The molecule has 0 saturated carbocycles. The van der Waals surface area contributed by atoms with Crippen molar-refractivity contribution in [1.82, 2.24) is 5.32 Å². The maximum atomic E-state index is 5.68. The van der Waals surface area contributed by atoms with E-state index in [1.165, 1.54) is 5.56 Å². The van der Waals surface area contributed by atoms with Gasteiger partial charge in [0.05, 0.1) is 13.7 Å². The number of rotatable bonds is 8. The second-order valence-corrected chi connectivity index (χ2v) is 5.04. The van der Waals surface area contributed by atoms with Crippen molar-refractivity contribution in [2.24, 2.45) is 5.92 Å². The van der Waals surface area contributed by atoms with Gasteiger partial charge in [-0.1, -0.05) is 19.9 Å². The van der Waals surface area contributed by atoms with Crippen LogP contribution in [0.25, 0.3) is 0 Å². The van der Waals surface area contributed by atoms with Crippen LogP contribution in [0.5, 0.6) is 11.5 Å². The molecule has 0 saturated heterocycles. The van der Waals surface area contributed by atoms with E-state index in [-0.39, 0.29) is 0 Å². The highest BCUT2D eigenvalue weighted by Crippen LogP contribution is 2.28.